The third kappa shape index (κ3) is 2.74. The fourth-order valence-corrected chi connectivity index (χ4v) is 3.40. The highest BCUT2D eigenvalue weighted by Crippen LogP contribution is 2.34. The highest BCUT2D eigenvalue weighted by Gasteiger charge is 2.16. The van der Waals surface area contributed by atoms with Gasteiger partial charge in [-0.25, -0.2) is 4.39 Å². The number of benzene rings is 2. The summed E-state index contributed by atoms with van der Waals surface area (Å²) >= 11 is 0. The predicted octanol–water partition coefficient (Wildman–Crippen LogP) is 5.07. The van der Waals surface area contributed by atoms with E-state index in [-0.39, 0.29) is 5.82 Å². The zero-order chi connectivity index (χ0) is 18.1. The lowest BCUT2D eigenvalue weighted by atomic mass is 10.1. The number of nitriles is 1. The van der Waals surface area contributed by atoms with E-state index in [9.17, 15) is 4.39 Å². The number of hydrogen-bond donors (Lipinski definition) is 0. The van der Waals surface area contributed by atoms with Gasteiger partial charge in [0.15, 0.2) is 0 Å². The van der Waals surface area contributed by atoms with E-state index in [1.807, 2.05) is 36.5 Å². The number of aryl methyl sites for hydroxylation is 1. The molecule has 2 aromatic carbocycles. The normalized spacial score (nSPS) is 10.8. The molecule has 0 amide bonds. The zero-order valence-electron chi connectivity index (χ0n) is 14.3. The second kappa shape index (κ2) is 6.45. The molecule has 0 aliphatic heterocycles. The first-order valence-electron chi connectivity index (χ1n) is 8.35. The molecule has 0 unspecified atom stereocenters. The molecule has 0 saturated carbocycles. The zero-order valence-corrected chi connectivity index (χ0v) is 14.3. The molecule has 26 heavy (non-hydrogen) atoms. The molecule has 3 nitrogen and oxygen atoms in total. The van der Waals surface area contributed by atoms with E-state index in [1.165, 1.54) is 6.07 Å². The van der Waals surface area contributed by atoms with Gasteiger partial charge in [0.1, 0.15) is 5.82 Å². The molecule has 4 heteroatoms. The molecule has 0 radical (unpaired) electrons. The van der Waals surface area contributed by atoms with Gasteiger partial charge in [0.25, 0.3) is 0 Å². The average molecular weight is 341 g/mol. The van der Waals surface area contributed by atoms with Crippen LogP contribution < -0.4 is 0 Å². The maximum absolute atomic E-state index is 13.9. The van der Waals surface area contributed by atoms with Crippen LogP contribution in [0.15, 0.2) is 67.0 Å². The molecular weight excluding hydrogens is 325 g/mol. The van der Waals surface area contributed by atoms with Gasteiger partial charge < -0.3 is 4.57 Å². The van der Waals surface area contributed by atoms with Crippen molar-refractivity contribution in [2.75, 3.05) is 0 Å². The Labute approximate surface area is 151 Å². The monoisotopic (exact) mass is 341 g/mol. The Morgan fingerprint density at radius 3 is 2.62 bits per heavy atom. The fourth-order valence-electron chi connectivity index (χ4n) is 3.40. The van der Waals surface area contributed by atoms with Crippen molar-refractivity contribution in [3.05, 3.63) is 89.5 Å². The summed E-state index contributed by atoms with van der Waals surface area (Å²) in [5.41, 5.74) is 5.65. The summed E-state index contributed by atoms with van der Waals surface area (Å²) < 4.78 is 16.1. The van der Waals surface area contributed by atoms with Crippen molar-refractivity contribution >= 4 is 10.9 Å². The Balaban J connectivity index is 1.93. The van der Waals surface area contributed by atoms with Crippen LogP contribution in [0.1, 0.15) is 16.7 Å². The van der Waals surface area contributed by atoms with Crippen molar-refractivity contribution in [2.24, 2.45) is 0 Å². The van der Waals surface area contributed by atoms with Gasteiger partial charge in [-0.05, 0) is 60.5 Å². The van der Waals surface area contributed by atoms with Gasteiger partial charge in [-0.2, -0.15) is 5.26 Å². The first-order valence-corrected chi connectivity index (χ1v) is 8.35. The van der Waals surface area contributed by atoms with Gasteiger partial charge in [-0.3, -0.25) is 4.98 Å². The smallest absolute Gasteiger partial charge is 0.125 e. The topological polar surface area (TPSA) is 41.6 Å². The Hall–Kier alpha value is -3.45. The largest absolute Gasteiger partial charge is 0.336 e. The molecule has 0 spiro atoms. The summed E-state index contributed by atoms with van der Waals surface area (Å²) in [5.74, 6) is -0.256. The van der Waals surface area contributed by atoms with E-state index in [0.717, 1.165) is 33.3 Å². The minimum absolute atomic E-state index is 0.256. The summed E-state index contributed by atoms with van der Waals surface area (Å²) in [4.78, 5) is 4.24. The molecule has 0 bridgehead atoms. The SMILES string of the molecule is Cc1c(-c2cccnc2)n(Cc2ccc(C#N)cc2)c2cc(F)ccc12. The Morgan fingerprint density at radius 2 is 1.92 bits per heavy atom. The summed E-state index contributed by atoms with van der Waals surface area (Å²) in [5, 5.41) is 10.0. The first-order chi connectivity index (χ1) is 12.7. The van der Waals surface area contributed by atoms with Crippen LogP contribution in [-0.2, 0) is 6.54 Å². The number of rotatable bonds is 3. The van der Waals surface area contributed by atoms with Crippen molar-refractivity contribution in [3.63, 3.8) is 0 Å². The lowest BCUT2D eigenvalue weighted by molar-refractivity contribution is 0.628. The summed E-state index contributed by atoms with van der Waals surface area (Å²) in [7, 11) is 0. The lowest BCUT2D eigenvalue weighted by Crippen LogP contribution is -2.02. The van der Waals surface area contributed by atoms with Crippen LogP contribution in [0.5, 0.6) is 0 Å². The van der Waals surface area contributed by atoms with Gasteiger partial charge in [0.05, 0.1) is 22.8 Å². The summed E-state index contributed by atoms with van der Waals surface area (Å²) in [6.07, 6.45) is 3.57. The number of aromatic nitrogens is 2. The third-order valence-corrected chi connectivity index (χ3v) is 4.64. The van der Waals surface area contributed by atoms with Gasteiger partial charge >= 0.3 is 0 Å². The molecular formula is C22H16FN3. The summed E-state index contributed by atoms with van der Waals surface area (Å²) in [6.45, 7) is 2.64. The Bertz CT molecular complexity index is 1120. The highest BCUT2D eigenvalue weighted by molar-refractivity contribution is 5.91. The van der Waals surface area contributed by atoms with Crippen LogP contribution in [0.3, 0.4) is 0 Å². The number of fused-ring (bicyclic) bond motifs is 1. The van der Waals surface area contributed by atoms with Gasteiger partial charge in [-0.15, -0.1) is 0 Å². The van der Waals surface area contributed by atoms with E-state index >= 15 is 0 Å². The number of halogens is 1. The van der Waals surface area contributed by atoms with Gasteiger partial charge in [-0.1, -0.05) is 12.1 Å². The van der Waals surface area contributed by atoms with Gasteiger partial charge in [0, 0.05) is 29.9 Å². The first kappa shape index (κ1) is 16.0. The Morgan fingerprint density at radius 1 is 1.12 bits per heavy atom. The van der Waals surface area contributed by atoms with Crippen molar-refractivity contribution in [1.82, 2.24) is 9.55 Å². The molecule has 0 aliphatic carbocycles. The second-order valence-corrected chi connectivity index (χ2v) is 6.27. The van der Waals surface area contributed by atoms with Crippen LogP contribution >= 0.6 is 0 Å². The highest BCUT2D eigenvalue weighted by atomic mass is 19.1. The Kier molecular flexibility index (Phi) is 3.98. The predicted molar refractivity (Wildman–Crippen MR) is 100 cm³/mol. The maximum atomic E-state index is 13.9. The fraction of sp³-hybridized carbons (Fsp3) is 0.0909. The minimum Gasteiger partial charge on any atom is -0.336 e. The van der Waals surface area contributed by atoms with Crippen LogP contribution in [-0.4, -0.2) is 9.55 Å². The van der Waals surface area contributed by atoms with Crippen molar-refractivity contribution < 1.29 is 4.39 Å². The second-order valence-electron chi connectivity index (χ2n) is 6.27. The molecule has 0 N–H and O–H groups in total. The molecule has 2 heterocycles. The van der Waals surface area contributed by atoms with Crippen LogP contribution in [0.2, 0.25) is 0 Å². The van der Waals surface area contributed by atoms with E-state index < -0.39 is 0 Å². The third-order valence-electron chi connectivity index (χ3n) is 4.64. The number of nitrogens with zero attached hydrogens (tertiary/aromatic N) is 3. The van der Waals surface area contributed by atoms with E-state index in [2.05, 4.69) is 22.5 Å². The van der Waals surface area contributed by atoms with Crippen molar-refractivity contribution in [1.29, 1.82) is 5.26 Å². The molecule has 4 aromatic rings. The standard InChI is InChI=1S/C22H16FN3/c1-15-20-9-8-19(23)11-21(20)26(22(15)18-3-2-10-25-13-18)14-17-6-4-16(12-24)5-7-17/h2-11,13H,14H2,1H3. The lowest BCUT2D eigenvalue weighted by Gasteiger charge is -2.12. The van der Waals surface area contributed by atoms with Crippen LogP contribution in [0, 0.1) is 24.1 Å². The molecule has 0 atom stereocenters. The molecule has 126 valence electrons. The van der Waals surface area contributed by atoms with Crippen LogP contribution in [0.25, 0.3) is 22.2 Å². The quantitative estimate of drug-likeness (QED) is 0.522. The minimum atomic E-state index is -0.256. The van der Waals surface area contributed by atoms with E-state index in [1.54, 1.807) is 24.4 Å². The van der Waals surface area contributed by atoms with Crippen LogP contribution in [0.4, 0.5) is 4.39 Å². The van der Waals surface area contributed by atoms with Crippen molar-refractivity contribution in [3.8, 4) is 17.3 Å². The number of pyridine rings is 1. The van der Waals surface area contributed by atoms with E-state index in [4.69, 9.17) is 5.26 Å². The molecule has 4 rings (SSSR count). The number of hydrogen-bond acceptors (Lipinski definition) is 2. The molecule has 0 aliphatic rings. The average Bonchev–Trinajstić information content (AvgIpc) is 2.94. The molecule has 0 fully saturated rings. The maximum Gasteiger partial charge on any atom is 0.125 e. The molecule has 2 aromatic heterocycles. The summed E-state index contributed by atoms with van der Waals surface area (Å²) in [6, 6.07) is 18.4. The van der Waals surface area contributed by atoms with E-state index in [0.29, 0.717) is 12.1 Å². The molecule has 0 saturated heterocycles. The van der Waals surface area contributed by atoms with Crippen molar-refractivity contribution in [2.45, 2.75) is 13.5 Å². The van der Waals surface area contributed by atoms with Gasteiger partial charge in [0.2, 0.25) is 0 Å².